The molecule has 0 saturated heterocycles. The highest BCUT2D eigenvalue weighted by Gasteiger charge is 2.12. The van der Waals surface area contributed by atoms with Gasteiger partial charge in [-0.2, -0.15) is 9.78 Å². The molecule has 1 aromatic heterocycles. The van der Waals surface area contributed by atoms with E-state index in [2.05, 4.69) is 5.10 Å². The summed E-state index contributed by atoms with van der Waals surface area (Å²) in [6, 6.07) is 8.14. The first-order valence-electron chi connectivity index (χ1n) is 5.77. The number of benzene rings is 1. The molecule has 1 N–H and O–H groups in total. The molecule has 6 heteroatoms. The van der Waals surface area contributed by atoms with Crippen molar-refractivity contribution in [1.82, 2.24) is 9.78 Å². The van der Waals surface area contributed by atoms with Crippen molar-refractivity contribution >= 4 is 11.6 Å². The van der Waals surface area contributed by atoms with E-state index in [-0.39, 0.29) is 17.3 Å². The lowest BCUT2D eigenvalue weighted by molar-refractivity contribution is 0.338. The van der Waals surface area contributed by atoms with Crippen molar-refractivity contribution in [3.63, 3.8) is 0 Å². The van der Waals surface area contributed by atoms with E-state index in [4.69, 9.17) is 16.3 Å². The number of halogens is 1. The van der Waals surface area contributed by atoms with Gasteiger partial charge in [-0.15, -0.1) is 11.6 Å². The lowest BCUT2D eigenvalue weighted by Crippen LogP contribution is -2.22. The van der Waals surface area contributed by atoms with Gasteiger partial charge in [-0.3, -0.25) is 4.79 Å². The number of ether oxygens (including phenoxy) is 1. The Kier molecular flexibility index (Phi) is 4.06. The zero-order valence-corrected chi connectivity index (χ0v) is 11.1. The molecule has 2 aromatic rings. The van der Waals surface area contributed by atoms with E-state index in [1.54, 1.807) is 18.2 Å². The summed E-state index contributed by atoms with van der Waals surface area (Å²) in [4.78, 5) is 11.9. The van der Waals surface area contributed by atoms with Gasteiger partial charge >= 0.3 is 0 Å². The average molecular weight is 281 g/mol. The number of aromatic hydroxyl groups is 1. The molecule has 0 aliphatic rings. The van der Waals surface area contributed by atoms with Crippen molar-refractivity contribution in [3.05, 3.63) is 46.4 Å². The second kappa shape index (κ2) is 5.75. The predicted octanol–water partition coefficient (Wildman–Crippen LogP) is 2.08. The number of aromatic nitrogens is 2. The Morgan fingerprint density at radius 2 is 2.16 bits per heavy atom. The highest BCUT2D eigenvalue weighted by atomic mass is 35.5. The van der Waals surface area contributed by atoms with E-state index in [0.717, 1.165) is 6.07 Å². The quantitative estimate of drug-likeness (QED) is 0.871. The molecular formula is C13H13ClN2O3. The summed E-state index contributed by atoms with van der Waals surface area (Å²) in [7, 11) is 0. The lowest BCUT2D eigenvalue weighted by atomic mass is 10.3. The summed E-state index contributed by atoms with van der Waals surface area (Å²) in [5.74, 6) is 0.360. The topological polar surface area (TPSA) is 64.3 Å². The molecule has 19 heavy (non-hydrogen) atoms. The maximum absolute atomic E-state index is 11.9. The van der Waals surface area contributed by atoms with Crippen LogP contribution < -0.4 is 10.3 Å². The summed E-state index contributed by atoms with van der Waals surface area (Å²) in [6.07, 6.45) is 0. The molecule has 0 unspecified atom stereocenters. The number of rotatable bonds is 4. The van der Waals surface area contributed by atoms with Crippen LogP contribution >= 0.6 is 11.6 Å². The number of para-hydroxylation sites is 2. The minimum Gasteiger partial charge on any atom is -0.506 e. The van der Waals surface area contributed by atoms with Crippen LogP contribution in [-0.4, -0.2) is 21.5 Å². The van der Waals surface area contributed by atoms with Gasteiger partial charge in [-0.1, -0.05) is 12.1 Å². The molecule has 0 saturated carbocycles. The minimum absolute atomic E-state index is 0.0168. The van der Waals surface area contributed by atoms with Crippen molar-refractivity contribution in [1.29, 1.82) is 0 Å². The van der Waals surface area contributed by atoms with E-state index >= 15 is 0 Å². The molecular weight excluding hydrogens is 268 g/mol. The smallest absolute Gasteiger partial charge is 0.275 e. The van der Waals surface area contributed by atoms with Crippen molar-refractivity contribution in [2.45, 2.75) is 12.8 Å². The third-order valence-electron chi connectivity index (χ3n) is 2.51. The Labute approximate surface area is 115 Å². The normalized spacial score (nSPS) is 10.4. The Morgan fingerprint density at radius 1 is 1.42 bits per heavy atom. The predicted molar refractivity (Wildman–Crippen MR) is 72.2 cm³/mol. The summed E-state index contributed by atoms with van der Waals surface area (Å²) >= 11 is 5.68. The number of alkyl halides is 1. The van der Waals surface area contributed by atoms with Crippen LogP contribution in [0.5, 0.6) is 11.5 Å². The first-order chi connectivity index (χ1) is 9.17. The molecule has 0 aliphatic carbocycles. The maximum Gasteiger partial charge on any atom is 0.275 e. The zero-order chi connectivity index (χ0) is 13.8. The summed E-state index contributed by atoms with van der Waals surface area (Å²) in [5.41, 5.74) is 0.312. The van der Waals surface area contributed by atoms with E-state index < -0.39 is 5.56 Å². The lowest BCUT2D eigenvalue weighted by Gasteiger charge is -2.12. The van der Waals surface area contributed by atoms with Gasteiger partial charge in [0.15, 0.2) is 0 Å². The Hall–Kier alpha value is -2.01. The molecule has 2 rings (SSSR count). The standard InChI is InChI=1S/C13H13ClN2O3/c1-2-19-12-6-4-3-5-10(12)16-13(18)7-11(17)9(8-14)15-16/h3-7,17H,2,8H2,1H3. The van der Waals surface area contributed by atoms with Crippen LogP contribution in [0.15, 0.2) is 35.1 Å². The fourth-order valence-corrected chi connectivity index (χ4v) is 1.85. The second-order valence-electron chi connectivity index (χ2n) is 3.76. The fraction of sp³-hybridized carbons (Fsp3) is 0.231. The SMILES string of the molecule is CCOc1ccccc1-n1nc(CCl)c(O)cc1=O. The highest BCUT2D eigenvalue weighted by molar-refractivity contribution is 6.17. The van der Waals surface area contributed by atoms with E-state index in [0.29, 0.717) is 18.0 Å². The van der Waals surface area contributed by atoms with Gasteiger partial charge in [-0.05, 0) is 19.1 Å². The van der Waals surface area contributed by atoms with Crippen molar-refractivity contribution in [2.75, 3.05) is 6.61 Å². The van der Waals surface area contributed by atoms with Crippen molar-refractivity contribution < 1.29 is 9.84 Å². The van der Waals surface area contributed by atoms with E-state index in [1.165, 1.54) is 4.68 Å². The van der Waals surface area contributed by atoms with Gasteiger partial charge in [0.2, 0.25) is 0 Å². The van der Waals surface area contributed by atoms with Crippen LogP contribution in [0.3, 0.4) is 0 Å². The Bertz CT molecular complexity index is 640. The molecule has 0 amide bonds. The van der Waals surface area contributed by atoms with Gasteiger partial charge in [0.25, 0.3) is 5.56 Å². The molecule has 0 atom stereocenters. The highest BCUT2D eigenvalue weighted by Crippen LogP contribution is 2.22. The number of hydrogen-bond donors (Lipinski definition) is 1. The molecule has 0 aliphatic heterocycles. The molecule has 100 valence electrons. The van der Waals surface area contributed by atoms with Crippen molar-refractivity contribution in [2.24, 2.45) is 0 Å². The second-order valence-corrected chi connectivity index (χ2v) is 4.03. The van der Waals surface area contributed by atoms with E-state index in [9.17, 15) is 9.90 Å². The van der Waals surface area contributed by atoms with Crippen LogP contribution in [0.25, 0.3) is 5.69 Å². The third kappa shape index (κ3) is 2.71. The maximum atomic E-state index is 11.9. The first-order valence-corrected chi connectivity index (χ1v) is 6.31. The Morgan fingerprint density at radius 3 is 2.84 bits per heavy atom. The minimum atomic E-state index is -0.446. The molecule has 1 aromatic carbocycles. The van der Waals surface area contributed by atoms with E-state index in [1.807, 2.05) is 13.0 Å². The van der Waals surface area contributed by atoms with Crippen LogP contribution in [0.2, 0.25) is 0 Å². The summed E-state index contributed by atoms with van der Waals surface area (Å²) in [5, 5.41) is 13.6. The van der Waals surface area contributed by atoms with Gasteiger partial charge in [0.05, 0.1) is 12.5 Å². The molecule has 5 nitrogen and oxygen atoms in total. The van der Waals surface area contributed by atoms with Crippen LogP contribution in [0, 0.1) is 0 Å². The molecule has 1 heterocycles. The molecule has 0 radical (unpaired) electrons. The zero-order valence-electron chi connectivity index (χ0n) is 10.3. The molecule has 0 bridgehead atoms. The van der Waals surface area contributed by atoms with Crippen LogP contribution in [0.4, 0.5) is 0 Å². The largest absolute Gasteiger partial charge is 0.506 e. The molecule has 0 spiro atoms. The van der Waals surface area contributed by atoms with Gasteiger partial charge < -0.3 is 9.84 Å². The van der Waals surface area contributed by atoms with Gasteiger partial charge in [0.1, 0.15) is 22.9 Å². The summed E-state index contributed by atoms with van der Waals surface area (Å²) in [6.45, 7) is 2.33. The first kappa shape index (κ1) is 13.4. The fourth-order valence-electron chi connectivity index (χ4n) is 1.66. The average Bonchev–Trinajstić information content (AvgIpc) is 2.40. The number of nitrogens with zero attached hydrogens (tertiary/aromatic N) is 2. The monoisotopic (exact) mass is 280 g/mol. The Balaban J connectivity index is 2.62. The van der Waals surface area contributed by atoms with Crippen LogP contribution in [-0.2, 0) is 5.88 Å². The number of hydrogen-bond acceptors (Lipinski definition) is 4. The molecule has 0 fully saturated rings. The summed E-state index contributed by atoms with van der Waals surface area (Å²) < 4.78 is 6.62. The van der Waals surface area contributed by atoms with Crippen LogP contribution in [0.1, 0.15) is 12.6 Å². The van der Waals surface area contributed by atoms with Gasteiger partial charge in [-0.25, -0.2) is 0 Å². The van der Waals surface area contributed by atoms with Crippen molar-refractivity contribution in [3.8, 4) is 17.2 Å². The third-order valence-corrected chi connectivity index (χ3v) is 2.76. The van der Waals surface area contributed by atoms with Gasteiger partial charge in [0, 0.05) is 6.07 Å².